The van der Waals surface area contributed by atoms with Crippen LogP contribution in [-0.4, -0.2) is 35.5 Å². The molecule has 3 N–H and O–H groups in total. The minimum absolute atomic E-state index is 0.0782. The molecule has 1 aliphatic rings. The van der Waals surface area contributed by atoms with Gasteiger partial charge in [0.1, 0.15) is 0 Å². The van der Waals surface area contributed by atoms with Crippen molar-refractivity contribution in [3.05, 3.63) is 0 Å². The van der Waals surface area contributed by atoms with Crippen LogP contribution in [0.5, 0.6) is 0 Å². The van der Waals surface area contributed by atoms with Gasteiger partial charge < -0.3 is 15.7 Å². The van der Waals surface area contributed by atoms with Crippen LogP contribution in [0.1, 0.15) is 39.5 Å². The second kappa shape index (κ2) is 7.11. The van der Waals surface area contributed by atoms with Crippen LogP contribution in [0.4, 0.5) is 0 Å². The fourth-order valence-corrected chi connectivity index (χ4v) is 2.39. The smallest absolute Gasteiger partial charge is 0.307 e. The largest absolute Gasteiger partial charge is 0.481 e. The van der Waals surface area contributed by atoms with Crippen molar-refractivity contribution in [2.24, 2.45) is 11.8 Å². The molecule has 0 saturated heterocycles. The lowest BCUT2D eigenvalue weighted by molar-refractivity contribution is -0.146. The Morgan fingerprint density at radius 1 is 1.21 bits per heavy atom. The van der Waals surface area contributed by atoms with E-state index >= 15 is 0 Å². The maximum Gasteiger partial charge on any atom is 0.307 e. The van der Waals surface area contributed by atoms with Crippen molar-refractivity contribution in [1.82, 2.24) is 10.6 Å². The van der Waals surface area contributed by atoms with Gasteiger partial charge in [0.2, 0.25) is 11.8 Å². The fourth-order valence-electron chi connectivity index (χ4n) is 2.39. The lowest BCUT2D eigenvalue weighted by atomic mass is 9.95. The molecule has 108 valence electrons. The predicted octanol–water partition coefficient (Wildman–Crippen LogP) is 0.518. The SMILES string of the molecule is CC(C)NC(=O)CCNC(=O)[C@@H]1CCC[C@@H]1C(=O)O. The molecule has 0 spiro atoms. The second-order valence-corrected chi connectivity index (χ2v) is 5.25. The van der Waals surface area contributed by atoms with E-state index in [0.29, 0.717) is 12.8 Å². The average Bonchev–Trinajstić information content (AvgIpc) is 2.76. The number of amides is 2. The number of rotatable bonds is 6. The van der Waals surface area contributed by atoms with Crippen LogP contribution in [0.3, 0.4) is 0 Å². The molecule has 6 nitrogen and oxygen atoms in total. The fraction of sp³-hybridized carbons (Fsp3) is 0.769. The molecule has 2 atom stereocenters. The number of carboxylic acid groups (broad SMARTS) is 1. The predicted molar refractivity (Wildman–Crippen MR) is 69.4 cm³/mol. The van der Waals surface area contributed by atoms with Gasteiger partial charge in [0.05, 0.1) is 11.8 Å². The zero-order valence-corrected chi connectivity index (χ0v) is 11.4. The molecule has 0 bridgehead atoms. The first-order valence-corrected chi connectivity index (χ1v) is 6.71. The van der Waals surface area contributed by atoms with Crippen LogP contribution in [0.2, 0.25) is 0 Å². The summed E-state index contributed by atoms with van der Waals surface area (Å²) in [5.41, 5.74) is 0. The summed E-state index contributed by atoms with van der Waals surface area (Å²) in [6.07, 6.45) is 2.15. The normalized spacial score (nSPS) is 22.3. The van der Waals surface area contributed by atoms with E-state index in [0.717, 1.165) is 6.42 Å². The third-order valence-electron chi connectivity index (χ3n) is 3.27. The number of nitrogens with one attached hydrogen (secondary N) is 2. The van der Waals surface area contributed by atoms with E-state index in [1.807, 2.05) is 13.8 Å². The monoisotopic (exact) mass is 270 g/mol. The van der Waals surface area contributed by atoms with Gasteiger partial charge in [0.15, 0.2) is 0 Å². The number of carbonyl (C=O) groups excluding carboxylic acids is 2. The molecule has 0 aromatic heterocycles. The third-order valence-corrected chi connectivity index (χ3v) is 3.27. The highest BCUT2D eigenvalue weighted by Crippen LogP contribution is 2.31. The van der Waals surface area contributed by atoms with E-state index < -0.39 is 17.8 Å². The molecule has 6 heteroatoms. The molecular formula is C13H22N2O4. The molecule has 0 heterocycles. The van der Waals surface area contributed by atoms with Crippen molar-refractivity contribution in [1.29, 1.82) is 0 Å². The maximum absolute atomic E-state index is 11.9. The van der Waals surface area contributed by atoms with Gasteiger partial charge in [0.25, 0.3) is 0 Å². The highest BCUT2D eigenvalue weighted by molar-refractivity contribution is 5.85. The van der Waals surface area contributed by atoms with Gasteiger partial charge >= 0.3 is 5.97 Å². The molecular weight excluding hydrogens is 248 g/mol. The topological polar surface area (TPSA) is 95.5 Å². The van der Waals surface area contributed by atoms with Gasteiger partial charge in [0, 0.05) is 19.0 Å². The summed E-state index contributed by atoms with van der Waals surface area (Å²) in [6, 6.07) is 0.0782. The Kier molecular flexibility index (Phi) is 5.79. The van der Waals surface area contributed by atoms with Crippen molar-refractivity contribution >= 4 is 17.8 Å². The van der Waals surface area contributed by atoms with Crippen molar-refractivity contribution in [2.45, 2.75) is 45.6 Å². The minimum atomic E-state index is -0.907. The Bertz CT molecular complexity index is 355. The molecule has 1 rings (SSSR count). The molecule has 0 aromatic carbocycles. The van der Waals surface area contributed by atoms with Crippen LogP contribution in [0.15, 0.2) is 0 Å². The highest BCUT2D eigenvalue weighted by atomic mass is 16.4. The first-order chi connectivity index (χ1) is 8.91. The highest BCUT2D eigenvalue weighted by Gasteiger charge is 2.37. The quantitative estimate of drug-likeness (QED) is 0.655. The van der Waals surface area contributed by atoms with E-state index in [1.54, 1.807) is 0 Å². The second-order valence-electron chi connectivity index (χ2n) is 5.25. The molecule has 0 aliphatic heterocycles. The van der Waals surface area contributed by atoms with Gasteiger partial charge in [-0.2, -0.15) is 0 Å². The van der Waals surface area contributed by atoms with Crippen LogP contribution in [0, 0.1) is 11.8 Å². The van der Waals surface area contributed by atoms with Crippen LogP contribution < -0.4 is 10.6 Å². The molecule has 2 amide bonds. The number of carbonyl (C=O) groups is 3. The molecule has 0 unspecified atom stereocenters. The first-order valence-electron chi connectivity index (χ1n) is 6.71. The van der Waals surface area contributed by atoms with E-state index in [9.17, 15) is 14.4 Å². The summed E-state index contributed by atoms with van der Waals surface area (Å²) in [5, 5.41) is 14.4. The first kappa shape index (κ1) is 15.5. The Morgan fingerprint density at radius 3 is 2.42 bits per heavy atom. The minimum Gasteiger partial charge on any atom is -0.481 e. The number of carboxylic acids is 1. The van der Waals surface area contributed by atoms with Crippen LogP contribution in [-0.2, 0) is 14.4 Å². The summed E-state index contributed by atoms with van der Waals surface area (Å²) >= 11 is 0. The van der Waals surface area contributed by atoms with Gasteiger partial charge in [-0.1, -0.05) is 6.42 Å². The third kappa shape index (κ3) is 4.89. The summed E-state index contributed by atoms with van der Waals surface area (Å²) in [5.74, 6) is -2.30. The van der Waals surface area contributed by atoms with E-state index in [-0.39, 0.29) is 30.8 Å². The lowest BCUT2D eigenvalue weighted by Gasteiger charge is -2.15. The molecule has 1 aliphatic carbocycles. The summed E-state index contributed by atoms with van der Waals surface area (Å²) in [4.78, 5) is 34.2. The number of hydrogen-bond acceptors (Lipinski definition) is 3. The summed E-state index contributed by atoms with van der Waals surface area (Å²) in [6.45, 7) is 3.99. The van der Waals surface area contributed by atoms with E-state index in [4.69, 9.17) is 5.11 Å². The molecule has 1 saturated carbocycles. The Labute approximate surface area is 112 Å². The Hall–Kier alpha value is -1.59. The van der Waals surface area contributed by atoms with Crippen molar-refractivity contribution in [3.8, 4) is 0 Å². The van der Waals surface area contributed by atoms with Gasteiger partial charge in [-0.15, -0.1) is 0 Å². The zero-order valence-electron chi connectivity index (χ0n) is 11.4. The Morgan fingerprint density at radius 2 is 1.84 bits per heavy atom. The van der Waals surface area contributed by atoms with Gasteiger partial charge in [-0.05, 0) is 26.7 Å². The van der Waals surface area contributed by atoms with Crippen molar-refractivity contribution in [2.75, 3.05) is 6.54 Å². The van der Waals surface area contributed by atoms with Crippen LogP contribution >= 0.6 is 0 Å². The molecule has 0 radical (unpaired) electrons. The summed E-state index contributed by atoms with van der Waals surface area (Å²) < 4.78 is 0. The van der Waals surface area contributed by atoms with Gasteiger partial charge in [-0.3, -0.25) is 14.4 Å². The summed E-state index contributed by atoms with van der Waals surface area (Å²) in [7, 11) is 0. The molecule has 19 heavy (non-hydrogen) atoms. The van der Waals surface area contributed by atoms with E-state index in [1.165, 1.54) is 0 Å². The maximum atomic E-state index is 11.9. The lowest BCUT2D eigenvalue weighted by Crippen LogP contribution is -2.38. The molecule has 1 fully saturated rings. The number of hydrogen-bond donors (Lipinski definition) is 3. The van der Waals surface area contributed by atoms with E-state index in [2.05, 4.69) is 10.6 Å². The molecule has 0 aromatic rings. The standard InChI is InChI=1S/C13H22N2O4/c1-8(2)15-11(16)6-7-14-12(17)9-4-3-5-10(9)13(18)19/h8-10H,3-7H2,1-2H3,(H,14,17)(H,15,16)(H,18,19)/t9-,10+/m1/s1. The zero-order chi connectivity index (χ0) is 14.4. The van der Waals surface area contributed by atoms with Crippen molar-refractivity contribution < 1.29 is 19.5 Å². The van der Waals surface area contributed by atoms with Gasteiger partial charge in [-0.25, -0.2) is 0 Å². The van der Waals surface area contributed by atoms with Crippen LogP contribution in [0.25, 0.3) is 0 Å². The average molecular weight is 270 g/mol. The van der Waals surface area contributed by atoms with Crippen molar-refractivity contribution in [3.63, 3.8) is 0 Å². The number of aliphatic carboxylic acids is 1. The Balaban J connectivity index is 2.31.